The molecular weight excluding hydrogens is 192 g/mol. The van der Waals surface area contributed by atoms with Crippen molar-refractivity contribution in [2.24, 2.45) is 5.92 Å². The third-order valence-electron chi connectivity index (χ3n) is 2.52. The Labute approximate surface area is 90.5 Å². The average molecular weight is 210 g/mol. The van der Waals surface area contributed by atoms with Crippen molar-refractivity contribution in [2.45, 2.75) is 39.0 Å². The molecule has 0 bridgehead atoms. The second-order valence-corrected chi connectivity index (χ2v) is 3.75. The predicted octanol–water partition coefficient (Wildman–Crippen LogP) is 2.26. The van der Waals surface area contributed by atoms with E-state index in [0.29, 0.717) is 19.4 Å². The van der Waals surface area contributed by atoms with Crippen molar-refractivity contribution >= 4 is 11.8 Å². The van der Waals surface area contributed by atoms with Gasteiger partial charge in [-0.05, 0) is 25.7 Å². The van der Waals surface area contributed by atoms with Crippen molar-refractivity contribution in [1.29, 1.82) is 0 Å². The number of rotatable bonds is 5. The van der Waals surface area contributed by atoms with Crippen LogP contribution in [0.5, 0.6) is 0 Å². The second kappa shape index (κ2) is 6.38. The molecule has 1 rings (SSSR count). The number of carbonyl (C=O) groups excluding carboxylic acids is 2. The molecule has 1 atom stereocenters. The van der Waals surface area contributed by atoms with E-state index in [0.717, 1.165) is 19.3 Å². The zero-order chi connectivity index (χ0) is 11.1. The minimum Gasteiger partial charge on any atom is -0.465 e. The van der Waals surface area contributed by atoms with Gasteiger partial charge >= 0.3 is 5.97 Å². The Morgan fingerprint density at radius 2 is 2.33 bits per heavy atom. The summed E-state index contributed by atoms with van der Waals surface area (Å²) in [5.41, 5.74) is 0. The number of esters is 1. The van der Waals surface area contributed by atoms with Crippen LogP contribution in [0.15, 0.2) is 12.2 Å². The lowest BCUT2D eigenvalue weighted by atomic mass is 10.1. The fraction of sp³-hybridized carbons (Fsp3) is 0.667. The normalized spacial score (nSPS) is 21.1. The molecule has 0 radical (unpaired) electrons. The summed E-state index contributed by atoms with van der Waals surface area (Å²) < 4.78 is 5.03. The first-order valence-corrected chi connectivity index (χ1v) is 5.60. The Hall–Kier alpha value is -1.12. The lowest BCUT2D eigenvalue weighted by molar-refractivity contribution is -0.150. The molecule has 1 aliphatic rings. The summed E-state index contributed by atoms with van der Waals surface area (Å²) in [5, 5.41) is 0. The van der Waals surface area contributed by atoms with Crippen molar-refractivity contribution in [3.05, 3.63) is 12.2 Å². The van der Waals surface area contributed by atoms with Crippen LogP contribution in [-0.2, 0) is 14.3 Å². The average Bonchev–Trinajstić information content (AvgIpc) is 2.64. The van der Waals surface area contributed by atoms with Gasteiger partial charge in [-0.3, -0.25) is 9.59 Å². The van der Waals surface area contributed by atoms with Crippen molar-refractivity contribution in [3.63, 3.8) is 0 Å². The molecule has 0 saturated heterocycles. The first-order chi connectivity index (χ1) is 7.25. The van der Waals surface area contributed by atoms with E-state index in [2.05, 4.69) is 6.92 Å². The van der Waals surface area contributed by atoms with Crippen molar-refractivity contribution in [1.82, 2.24) is 0 Å². The van der Waals surface area contributed by atoms with E-state index in [1.807, 2.05) is 12.2 Å². The molecular formula is C12H18O3. The van der Waals surface area contributed by atoms with Gasteiger partial charge in [0.05, 0.1) is 6.61 Å². The topological polar surface area (TPSA) is 43.4 Å². The summed E-state index contributed by atoms with van der Waals surface area (Å²) in [6.07, 6.45) is 7.79. The van der Waals surface area contributed by atoms with Crippen LogP contribution in [0.2, 0.25) is 0 Å². The largest absolute Gasteiger partial charge is 0.465 e. The number of hydrogen-bond donors (Lipinski definition) is 0. The zero-order valence-electron chi connectivity index (χ0n) is 9.20. The Morgan fingerprint density at radius 3 is 2.93 bits per heavy atom. The molecule has 0 aromatic heterocycles. The van der Waals surface area contributed by atoms with Crippen LogP contribution in [0.1, 0.15) is 39.0 Å². The highest BCUT2D eigenvalue weighted by molar-refractivity contribution is 6.00. The van der Waals surface area contributed by atoms with E-state index in [-0.39, 0.29) is 11.8 Å². The number of Topliss-reactive ketones (excluding diaryl/α,β-unsaturated/α-hetero) is 1. The predicted molar refractivity (Wildman–Crippen MR) is 57.4 cm³/mol. The summed E-state index contributed by atoms with van der Waals surface area (Å²) in [4.78, 5) is 22.7. The van der Waals surface area contributed by atoms with E-state index in [1.54, 1.807) is 0 Å². The van der Waals surface area contributed by atoms with E-state index in [9.17, 15) is 9.59 Å². The van der Waals surface area contributed by atoms with E-state index >= 15 is 0 Å². The van der Waals surface area contributed by atoms with Gasteiger partial charge in [-0.2, -0.15) is 0 Å². The minimum atomic E-state index is -0.472. The Morgan fingerprint density at radius 1 is 1.53 bits per heavy atom. The lowest BCUT2D eigenvalue weighted by Crippen LogP contribution is -2.21. The van der Waals surface area contributed by atoms with Crippen LogP contribution in [0.3, 0.4) is 0 Å². The smallest absolute Gasteiger partial charge is 0.316 e. The van der Waals surface area contributed by atoms with Crippen molar-refractivity contribution < 1.29 is 14.3 Å². The molecule has 1 fully saturated rings. The summed E-state index contributed by atoms with van der Waals surface area (Å²) in [7, 11) is 0. The van der Waals surface area contributed by atoms with Crippen LogP contribution in [0.25, 0.3) is 0 Å². The zero-order valence-corrected chi connectivity index (χ0v) is 9.20. The first kappa shape index (κ1) is 12.0. The Bertz CT molecular complexity index is 256. The molecule has 0 N–H and O–H groups in total. The van der Waals surface area contributed by atoms with Crippen LogP contribution in [0.4, 0.5) is 0 Å². The Kier molecular flexibility index (Phi) is 5.08. The second-order valence-electron chi connectivity index (χ2n) is 3.75. The summed E-state index contributed by atoms with van der Waals surface area (Å²) >= 11 is 0. The van der Waals surface area contributed by atoms with E-state index < -0.39 is 5.92 Å². The van der Waals surface area contributed by atoms with Crippen molar-refractivity contribution in [3.8, 4) is 0 Å². The van der Waals surface area contributed by atoms with E-state index in [1.165, 1.54) is 0 Å². The van der Waals surface area contributed by atoms with Gasteiger partial charge in [0.1, 0.15) is 11.7 Å². The molecule has 1 unspecified atom stereocenters. The minimum absolute atomic E-state index is 0.0455. The fourth-order valence-electron chi connectivity index (χ4n) is 1.68. The van der Waals surface area contributed by atoms with Gasteiger partial charge in [-0.15, -0.1) is 0 Å². The number of ketones is 1. The third kappa shape index (κ3) is 3.86. The maximum atomic E-state index is 11.4. The number of hydrogen-bond acceptors (Lipinski definition) is 3. The van der Waals surface area contributed by atoms with Gasteiger partial charge in [0.2, 0.25) is 0 Å². The summed E-state index contributed by atoms with van der Waals surface area (Å²) in [6, 6.07) is 0. The molecule has 0 spiro atoms. The molecule has 84 valence electrons. The van der Waals surface area contributed by atoms with Crippen LogP contribution in [0, 0.1) is 5.92 Å². The maximum absolute atomic E-state index is 11.4. The standard InChI is InChI=1S/C12H18O3/c1-2-3-4-5-9-15-12(14)10-7-6-8-11(10)13/h3-4,10H,2,5-9H2,1H3/b4-3+. The molecule has 1 saturated carbocycles. The first-order valence-electron chi connectivity index (χ1n) is 5.60. The third-order valence-corrected chi connectivity index (χ3v) is 2.52. The quantitative estimate of drug-likeness (QED) is 0.302. The molecule has 0 aromatic carbocycles. The van der Waals surface area contributed by atoms with Crippen molar-refractivity contribution in [2.75, 3.05) is 6.61 Å². The number of ether oxygens (including phenoxy) is 1. The highest BCUT2D eigenvalue weighted by atomic mass is 16.5. The maximum Gasteiger partial charge on any atom is 0.316 e. The SMILES string of the molecule is CC/C=C/CCOC(=O)C1CCCC1=O. The molecule has 3 nitrogen and oxygen atoms in total. The van der Waals surface area contributed by atoms with Crippen LogP contribution in [-0.4, -0.2) is 18.4 Å². The molecule has 15 heavy (non-hydrogen) atoms. The van der Waals surface area contributed by atoms with Gasteiger partial charge in [0.25, 0.3) is 0 Å². The molecule has 0 aromatic rings. The molecule has 3 heteroatoms. The van der Waals surface area contributed by atoms with Gasteiger partial charge in [0.15, 0.2) is 0 Å². The van der Waals surface area contributed by atoms with Gasteiger partial charge in [-0.25, -0.2) is 0 Å². The lowest BCUT2D eigenvalue weighted by Gasteiger charge is -2.07. The molecule has 1 aliphatic carbocycles. The molecule has 0 amide bonds. The van der Waals surface area contributed by atoms with Crippen LogP contribution < -0.4 is 0 Å². The fourth-order valence-corrected chi connectivity index (χ4v) is 1.68. The molecule has 0 heterocycles. The molecule has 0 aliphatic heterocycles. The monoisotopic (exact) mass is 210 g/mol. The highest BCUT2D eigenvalue weighted by Gasteiger charge is 2.31. The van der Waals surface area contributed by atoms with Gasteiger partial charge in [-0.1, -0.05) is 19.1 Å². The summed E-state index contributed by atoms with van der Waals surface area (Å²) in [6.45, 7) is 2.44. The Balaban J connectivity index is 2.18. The van der Waals surface area contributed by atoms with Gasteiger partial charge in [0, 0.05) is 6.42 Å². The van der Waals surface area contributed by atoms with Crippen LogP contribution >= 0.6 is 0 Å². The number of carbonyl (C=O) groups is 2. The van der Waals surface area contributed by atoms with Gasteiger partial charge < -0.3 is 4.74 Å². The summed E-state index contributed by atoms with van der Waals surface area (Å²) in [5.74, 6) is -0.758. The highest BCUT2D eigenvalue weighted by Crippen LogP contribution is 2.22. The van der Waals surface area contributed by atoms with E-state index in [4.69, 9.17) is 4.74 Å². The number of allylic oxidation sites excluding steroid dienone is 1.